The fourth-order valence-corrected chi connectivity index (χ4v) is 2.81. The van der Waals surface area contributed by atoms with Gasteiger partial charge in [-0.15, -0.1) is 0 Å². The number of anilines is 1. The molecule has 0 aliphatic heterocycles. The predicted molar refractivity (Wildman–Crippen MR) is 77.9 cm³/mol. The van der Waals surface area contributed by atoms with E-state index in [4.69, 9.17) is 0 Å². The highest BCUT2D eigenvalue weighted by Gasteiger charge is 2.21. The van der Waals surface area contributed by atoms with E-state index < -0.39 is 11.8 Å². The number of rotatable bonds is 2. The largest absolute Gasteiger partial charge is 0.345 e. The molecule has 1 aromatic rings. The topological polar surface area (TPSA) is 58.2 Å². The third-order valence-corrected chi connectivity index (χ3v) is 3.93. The molecule has 102 valence electrons. The quantitative estimate of drug-likeness (QED) is 0.822. The molecule has 0 saturated heterocycles. The molecule has 0 atom stereocenters. The van der Waals surface area contributed by atoms with Gasteiger partial charge in [-0.2, -0.15) is 0 Å². The van der Waals surface area contributed by atoms with E-state index in [1.165, 1.54) is 0 Å². The van der Waals surface area contributed by atoms with Crippen LogP contribution in [0.25, 0.3) is 0 Å². The minimum Gasteiger partial charge on any atom is -0.345 e. The molecule has 2 amide bonds. The first-order valence-corrected chi connectivity index (χ1v) is 7.23. The number of hydrogen-bond acceptors (Lipinski definition) is 2. The molecular formula is C14H17BrN2O2. The molecule has 0 unspecified atom stereocenters. The van der Waals surface area contributed by atoms with Crippen LogP contribution in [0.1, 0.15) is 31.2 Å². The summed E-state index contributed by atoms with van der Waals surface area (Å²) in [4.78, 5) is 23.5. The zero-order valence-electron chi connectivity index (χ0n) is 10.8. The molecule has 2 rings (SSSR count). The number of carbonyl (C=O) groups excluding carboxylic acids is 2. The van der Waals surface area contributed by atoms with E-state index in [1.807, 2.05) is 19.1 Å². The number of halogens is 1. The Hall–Kier alpha value is -1.36. The third-order valence-electron chi connectivity index (χ3n) is 3.27. The number of carbonyl (C=O) groups is 2. The first kappa shape index (κ1) is 14.1. The molecular weight excluding hydrogens is 308 g/mol. The zero-order valence-corrected chi connectivity index (χ0v) is 12.4. The highest BCUT2D eigenvalue weighted by Crippen LogP contribution is 2.23. The summed E-state index contributed by atoms with van der Waals surface area (Å²) in [6, 6.07) is 5.71. The molecule has 4 nitrogen and oxygen atoms in total. The summed E-state index contributed by atoms with van der Waals surface area (Å²) in [5.74, 6) is -1.17. The van der Waals surface area contributed by atoms with Crippen molar-refractivity contribution in [3.05, 3.63) is 28.2 Å². The lowest BCUT2D eigenvalue weighted by Gasteiger charge is -2.12. The van der Waals surface area contributed by atoms with E-state index in [-0.39, 0.29) is 6.04 Å². The van der Waals surface area contributed by atoms with Crippen LogP contribution in [-0.4, -0.2) is 17.9 Å². The Balaban J connectivity index is 1.94. The van der Waals surface area contributed by atoms with Gasteiger partial charge in [0.15, 0.2) is 0 Å². The molecule has 1 aliphatic carbocycles. The van der Waals surface area contributed by atoms with E-state index in [2.05, 4.69) is 26.6 Å². The van der Waals surface area contributed by atoms with Crippen LogP contribution < -0.4 is 10.6 Å². The highest BCUT2D eigenvalue weighted by molar-refractivity contribution is 9.10. The highest BCUT2D eigenvalue weighted by atomic mass is 79.9. The van der Waals surface area contributed by atoms with Crippen LogP contribution in [0.2, 0.25) is 0 Å². The number of amides is 2. The molecule has 0 aromatic heterocycles. The van der Waals surface area contributed by atoms with E-state index in [1.54, 1.807) is 6.07 Å². The van der Waals surface area contributed by atoms with Gasteiger partial charge in [-0.3, -0.25) is 9.59 Å². The molecule has 1 aliphatic rings. The summed E-state index contributed by atoms with van der Waals surface area (Å²) >= 11 is 3.37. The van der Waals surface area contributed by atoms with Crippen molar-refractivity contribution >= 4 is 33.4 Å². The Morgan fingerprint density at radius 3 is 2.53 bits per heavy atom. The van der Waals surface area contributed by atoms with Gasteiger partial charge in [0.25, 0.3) is 0 Å². The molecule has 1 aromatic carbocycles. The van der Waals surface area contributed by atoms with Crippen molar-refractivity contribution in [3.8, 4) is 0 Å². The van der Waals surface area contributed by atoms with Crippen LogP contribution in [-0.2, 0) is 9.59 Å². The Kier molecular flexibility index (Phi) is 4.58. The van der Waals surface area contributed by atoms with Gasteiger partial charge in [0, 0.05) is 10.5 Å². The summed E-state index contributed by atoms with van der Waals surface area (Å²) in [7, 11) is 0. The van der Waals surface area contributed by atoms with Gasteiger partial charge < -0.3 is 10.6 Å². The van der Waals surface area contributed by atoms with Crippen LogP contribution in [0.4, 0.5) is 5.69 Å². The van der Waals surface area contributed by atoms with Crippen molar-refractivity contribution in [1.82, 2.24) is 5.32 Å². The van der Waals surface area contributed by atoms with Gasteiger partial charge in [0.2, 0.25) is 0 Å². The summed E-state index contributed by atoms with van der Waals surface area (Å²) in [5.41, 5.74) is 1.69. The zero-order chi connectivity index (χ0) is 13.8. The van der Waals surface area contributed by atoms with Gasteiger partial charge in [-0.05, 0) is 53.4 Å². The predicted octanol–water partition coefficient (Wildman–Crippen LogP) is 2.75. The molecule has 0 heterocycles. The summed E-state index contributed by atoms with van der Waals surface area (Å²) in [5, 5.41) is 5.38. The van der Waals surface area contributed by atoms with Gasteiger partial charge in [-0.1, -0.05) is 18.9 Å². The molecule has 19 heavy (non-hydrogen) atoms. The minimum atomic E-state index is -0.614. The van der Waals surface area contributed by atoms with Crippen molar-refractivity contribution in [2.24, 2.45) is 0 Å². The van der Waals surface area contributed by atoms with Gasteiger partial charge in [0.05, 0.1) is 5.69 Å². The van der Waals surface area contributed by atoms with Crippen molar-refractivity contribution in [2.45, 2.75) is 38.6 Å². The summed E-state index contributed by atoms with van der Waals surface area (Å²) in [6.45, 7) is 1.96. The van der Waals surface area contributed by atoms with E-state index in [0.29, 0.717) is 5.69 Å². The molecule has 2 N–H and O–H groups in total. The molecule has 1 fully saturated rings. The number of hydrogen-bond donors (Lipinski definition) is 2. The standard InChI is InChI=1S/C14H17BrN2O2/c1-9-6-7-12(11(15)8-9)17-14(19)13(18)16-10-4-2-3-5-10/h6-8,10H,2-5H2,1H3,(H,16,18)(H,17,19). The maximum Gasteiger partial charge on any atom is 0.313 e. The number of benzene rings is 1. The molecule has 0 bridgehead atoms. The number of nitrogens with one attached hydrogen (secondary N) is 2. The summed E-state index contributed by atoms with van der Waals surface area (Å²) in [6.07, 6.45) is 4.17. The Labute approximate surface area is 121 Å². The lowest BCUT2D eigenvalue weighted by atomic mass is 10.2. The average Bonchev–Trinajstić information content (AvgIpc) is 2.85. The first-order valence-electron chi connectivity index (χ1n) is 6.44. The monoisotopic (exact) mass is 324 g/mol. The minimum absolute atomic E-state index is 0.153. The van der Waals surface area contributed by atoms with Crippen LogP contribution in [0.5, 0.6) is 0 Å². The molecule has 1 saturated carbocycles. The SMILES string of the molecule is Cc1ccc(NC(=O)C(=O)NC2CCCC2)c(Br)c1. The van der Waals surface area contributed by atoms with Crippen LogP contribution in [0.15, 0.2) is 22.7 Å². The molecule has 5 heteroatoms. The van der Waals surface area contributed by atoms with E-state index in [9.17, 15) is 9.59 Å². The first-order chi connectivity index (χ1) is 9.06. The smallest absolute Gasteiger partial charge is 0.313 e. The Morgan fingerprint density at radius 1 is 1.21 bits per heavy atom. The second-order valence-electron chi connectivity index (χ2n) is 4.89. The third kappa shape index (κ3) is 3.80. The fourth-order valence-electron chi connectivity index (χ4n) is 2.22. The normalized spacial score (nSPS) is 15.3. The maximum atomic E-state index is 11.8. The lowest BCUT2D eigenvalue weighted by Crippen LogP contribution is -2.40. The second-order valence-corrected chi connectivity index (χ2v) is 5.75. The van der Waals surface area contributed by atoms with Gasteiger partial charge >= 0.3 is 11.8 Å². The van der Waals surface area contributed by atoms with Gasteiger partial charge in [-0.25, -0.2) is 0 Å². The maximum absolute atomic E-state index is 11.8. The lowest BCUT2D eigenvalue weighted by molar-refractivity contribution is -0.136. The second kappa shape index (κ2) is 6.19. The summed E-state index contributed by atoms with van der Waals surface area (Å²) < 4.78 is 0.773. The Bertz CT molecular complexity index is 496. The number of aryl methyl sites for hydroxylation is 1. The fraction of sp³-hybridized carbons (Fsp3) is 0.429. The van der Waals surface area contributed by atoms with Crippen molar-refractivity contribution in [2.75, 3.05) is 5.32 Å². The van der Waals surface area contributed by atoms with Crippen molar-refractivity contribution in [3.63, 3.8) is 0 Å². The molecule has 0 spiro atoms. The van der Waals surface area contributed by atoms with Crippen molar-refractivity contribution in [1.29, 1.82) is 0 Å². The van der Waals surface area contributed by atoms with Crippen molar-refractivity contribution < 1.29 is 9.59 Å². The molecule has 0 radical (unpaired) electrons. The van der Waals surface area contributed by atoms with Crippen LogP contribution >= 0.6 is 15.9 Å². The van der Waals surface area contributed by atoms with E-state index >= 15 is 0 Å². The van der Waals surface area contributed by atoms with Crippen LogP contribution in [0, 0.1) is 6.92 Å². The van der Waals surface area contributed by atoms with Gasteiger partial charge in [0.1, 0.15) is 0 Å². The average molecular weight is 325 g/mol. The van der Waals surface area contributed by atoms with Crippen LogP contribution in [0.3, 0.4) is 0 Å². The van der Waals surface area contributed by atoms with E-state index in [0.717, 1.165) is 35.7 Å². The Morgan fingerprint density at radius 2 is 1.89 bits per heavy atom.